The van der Waals surface area contributed by atoms with Gasteiger partial charge in [-0.05, 0) is 48.5 Å². The summed E-state index contributed by atoms with van der Waals surface area (Å²) in [5.41, 5.74) is 2.26. The first-order valence-corrected chi connectivity index (χ1v) is 9.50. The van der Waals surface area contributed by atoms with Crippen molar-refractivity contribution in [2.75, 3.05) is 41.7 Å². The number of anilines is 3. The lowest BCUT2D eigenvalue weighted by molar-refractivity contribution is -0.127. The monoisotopic (exact) mass is 407 g/mol. The van der Waals surface area contributed by atoms with E-state index >= 15 is 0 Å². The van der Waals surface area contributed by atoms with Gasteiger partial charge < -0.3 is 20.4 Å². The van der Waals surface area contributed by atoms with Crippen molar-refractivity contribution in [3.05, 3.63) is 66.1 Å². The second-order valence-electron chi connectivity index (χ2n) is 6.83. The van der Waals surface area contributed by atoms with Crippen molar-refractivity contribution in [2.24, 2.45) is 0 Å². The van der Waals surface area contributed by atoms with E-state index in [-0.39, 0.29) is 23.2 Å². The van der Waals surface area contributed by atoms with Gasteiger partial charge in [-0.1, -0.05) is 0 Å². The van der Waals surface area contributed by atoms with Crippen molar-refractivity contribution < 1.29 is 14.0 Å². The number of amides is 2. The van der Waals surface area contributed by atoms with Crippen LogP contribution >= 0.6 is 0 Å². The molecule has 154 valence electrons. The smallest absolute Gasteiger partial charge is 0.266 e. The van der Waals surface area contributed by atoms with E-state index in [0.29, 0.717) is 37.6 Å². The summed E-state index contributed by atoms with van der Waals surface area (Å²) >= 11 is 0. The number of nitrogens with zero attached hydrogens (tertiary/aromatic N) is 3. The molecule has 2 aromatic rings. The average Bonchev–Trinajstić information content (AvgIpc) is 2.75. The second kappa shape index (κ2) is 9.56. The van der Waals surface area contributed by atoms with Gasteiger partial charge in [0.05, 0.1) is 0 Å². The largest absolute Gasteiger partial charge is 0.368 e. The first kappa shape index (κ1) is 20.9. The van der Waals surface area contributed by atoms with Crippen LogP contribution in [0.5, 0.6) is 0 Å². The number of hydrogen-bond donors (Lipinski definition) is 2. The molecule has 1 fully saturated rings. The zero-order valence-electron chi connectivity index (χ0n) is 16.6. The lowest BCUT2D eigenvalue weighted by atomic mass is 10.2. The van der Waals surface area contributed by atoms with Crippen LogP contribution in [-0.4, -0.2) is 42.9 Å². The van der Waals surface area contributed by atoms with E-state index in [1.165, 1.54) is 25.3 Å². The predicted molar refractivity (Wildman–Crippen MR) is 113 cm³/mol. The topological polar surface area (TPSA) is 88.5 Å². The summed E-state index contributed by atoms with van der Waals surface area (Å²) in [5, 5.41) is 15.0. The Morgan fingerprint density at radius 1 is 1.00 bits per heavy atom. The molecule has 0 saturated carbocycles. The van der Waals surface area contributed by atoms with Crippen molar-refractivity contribution in [2.45, 2.75) is 6.92 Å². The highest BCUT2D eigenvalue weighted by Crippen LogP contribution is 2.18. The van der Waals surface area contributed by atoms with Gasteiger partial charge >= 0.3 is 0 Å². The van der Waals surface area contributed by atoms with Gasteiger partial charge in [-0.15, -0.1) is 0 Å². The number of nitrogens with one attached hydrogen (secondary N) is 2. The molecule has 2 amide bonds. The minimum atomic E-state index is -0.335. The van der Waals surface area contributed by atoms with E-state index < -0.39 is 0 Å². The summed E-state index contributed by atoms with van der Waals surface area (Å²) in [4.78, 5) is 27.5. The predicted octanol–water partition coefficient (Wildman–Crippen LogP) is 2.95. The van der Waals surface area contributed by atoms with Gasteiger partial charge in [-0.25, -0.2) is 4.39 Å². The number of rotatable bonds is 5. The van der Waals surface area contributed by atoms with Crippen LogP contribution in [0.2, 0.25) is 0 Å². The third kappa shape index (κ3) is 5.35. The molecule has 1 aliphatic rings. The molecule has 0 bridgehead atoms. The number of carbonyl (C=O) groups excluding carboxylic acids is 2. The Bertz CT molecular complexity index is 972. The van der Waals surface area contributed by atoms with Crippen molar-refractivity contribution in [3.63, 3.8) is 0 Å². The van der Waals surface area contributed by atoms with E-state index in [2.05, 4.69) is 15.5 Å². The van der Waals surface area contributed by atoms with Crippen LogP contribution in [0.4, 0.5) is 21.5 Å². The van der Waals surface area contributed by atoms with Crippen LogP contribution in [-0.2, 0) is 9.59 Å². The van der Waals surface area contributed by atoms with Gasteiger partial charge in [0.25, 0.3) is 5.91 Å². The minimum absolute atomic E-state index is 0.0103. The summed E-state index contributed by atoms with van der Waals surface area (Å²) in [6.07, 6.45) is 1.39. The highest BCUT2D eigenvalue weighted by molar-refractivity contribution is 5.97. The Labute approximate surface area is 174 Å². The van der Waals surface area contributed by atoms with Gasteiger partial charge in [-0.2, -0.15) is 5.26 Å². The fourth-order valence-corrected chi connectivity index (χ4v) is 3.14. The standard InChI is InChI=1S/C22H22FN5O2/c1-16(29)26-20-6-4-19(5-7-20)25-15-17(14-24)22(30)28-12-10-27(11-13-28)21-8-2-18(23)3-9-21/h2-9,15,25H,10-13H2,1H3,(H,26,29)/b17-15-. The normalized spacial score (nSPS) is 14.1. The third-order valence-corrected chi connectivity index (χ3v) is 4.70. The molecule has 8 heteroatoms. The number of benzene rings is 2. The molecular formula is C22H22FN5O2. The maximum absolute atomic E-state index is 13.1. The lowest BCUT2D eigenvalue weighted by Gasteiger charge is -2.36. The minimum Gasteiger partial charge on any atom is -0.368 e. The number of nitriles is 1. The van der Waals surface area contributed by atoms with E-state index in [1.807, 2.05) is 6.07 Å². The van der Waals surface area contributed by atoms with Crippen molar-refractivity contribution >= 4 is 28.9 Å². The van der Waals surface area contributed by atoms with E-state index in [4.69, 9.17) is 0 Å². The summed E-state index contributed by atoms with van der Waals surface area (Å²) < 4.78 is 13.1. The average molecular weight is 407 g/mol. The van der Waals surface area contributed by atoms with Gasteiger partial charge in [-0.3, -0.25) is 9.59 Å². The molecule has 2 N–H and O–H groups in total. The van der Waals surface area contributed by atoms with Gasteiger partial charge in [0.1, 0.15) is 17.5 Å². The Morgan fingerprint density at radius 2 is 1.60 bits per heavy atom. The molecule has 2 aromatic carbocycles. The maximum atomic E-state index is 13.1. The first-order chi connectivity index (χ1) is 14.5. The van der Waals surface area contributed by atoms with Gasteiger partial charge in [0.2, 0.25) is 5.91 Å². The SMILES string of the molecule is CC(=O)Nc1ccc(N/C=C(/C#N)C(=O)N2CCN(c3ccc(F)cc3)CC2)cc1. The summed E-state index contributed by atoms with van der Waals surface area (Å²) in [6, 6.07) is 15.1. The molecular weight excluding hydrogens is 385 g/mol. The Hall–Kier alpha value is -3.86. The first-order valence-electron chi connectivity index (χ1n) is 9.50. The molecule has 0 atom stereocenters. The number of hydrogen-bond acceptors (Lipinski definition) is 5. The van der Waals surface area contributed by atoms with E-state index in [9.17, 15) is 19.2 Å². The van der Waals surface area contributed by atoms with Crippen LogP contribution in [0.15, 0.2) is 60.3 Å². The van der Waals surface area contributed by atoms with Crippen molar-refractivity contribution in [1.29, 1.82) is 5.26 Å². The molecule has 0 aromatic heterocycles. The maximum Gasteiger partial charge on any atom is 0.266 e. The Balaban J connectivity index is 1.57. The van der Waals surface area contributed by atoms with Crippen molar-refractivity contribution in [1.82, 2.24) is 4.90 Å². The van der Waals surface area contributed by atoms with E-state index in [1.54, 1.807) is 41.3 Å². The number of carbonyl (C=O) groups is 2. The fourth-order valence-electron chi connectivity index (χ4n) is 3.14. The molecule has 0 spiro atoms. The molecule has 0 aliphatic carbocycles. The third-order valence-electron chi connectivity index (χ3n) is 4.70. The zero-order valence-corrected chi connectivity index (χ0v) is 16.6. The van der Waals surface area contributed by atoms with Crippen LogP contribution in [0.3, 0.4) is 0 Å². The Kier molecular flexibility index (Phi) is 6.65. The fraction of sp³-hybridized carbons (Fsp3) is 0.227. The van der Waals surface area contributed by atoms with E-state index in [0.717, 1.165) is 5.69 Å². The molecule has 1 heterocycles. The second-order valence-corrected chi connectivity index (χ2v) is 6.83. The molecule has 3 rings (SSSR count). The van der Waals surface area contributed by atoms with Crippen LogP contribution < -0.4 is 15.5 Å². The highest BCUT2D eigenvalue weighted by Gasteiger charge is 2.23. The lowest BCUT2D eigenvalue weighted by Crippen LogP contribution is -2.49. The van der Waals surface area contributed by atoms with Gasteiger partial charge in [0.15, 0.2) is 0 Å². The molecule has 0 unspecified atom stereocenters. The molecule has 30 heavy (non-hydrogen) atoms. The summed E-state index contributed by atoms with van der Waals surface area (Å²) in [5.74, 6) is -0.778. The van der Waals surface area contributed by atoms with Gasteiger partial charge in [0, 0.05) is 56.4 Å². The Morgan fingerprint density at radius 3 is 2.17 bits per heavy atom. The van der Waals surface area contributed by atoms with Crippen LogP contribution in [0.1, 0.15) is 6.92 Å². The van der Waals surface area contributed by atoms with Crippen molar-refractivity contribution in [3.8, 4) is 6.07 Å². The van der Waals surface area contributed by atoms with Crippen LogP contribution in [0, 0.1) is 17.1 Å². The van der Waals surface area contributed by atoms with Crippen LogP contribution in [0.25, 0.3) is 0 Å². The summed E-state index contributed by atoms with van der Waals surface area (Å²) in [6.45, 7) is 3.59. The quantitative estimate of drug-likeness (QED) is 0.588. The number of piperazine rings is 1. The zero-order chi connectivity index (χ0) is 21.5. The molecule has 1 aliphatic heterocycles. The number of halogens is 1. The molecule has 7 nitrogen and oxygen atoms in total. The molecule has 1 saturated heterocycles. The highest BCUT2D eigenvalue weighted by atomic mass is 19.1. The molecule has 0 radical (unpaired) electrons. The summed E-state index contributed by atoms with van der Waals surface area (Å²) in [7, 11) is 0.